The lowest BCUT2D eigenvalue weighted by Crippen LogP contribution is -2.34. The first-order chi connectivity index (χ1) is 16.5. The lowest BCUT2D eigenvalue weighted by atomic mass is 9.85. The normalized spacial score (nSPS) is 19.8. The van der Waals surface area contributed by atoms with Crippen LogP contribution in [0.2, 0.25) is 0 Å². The number of amides is 2. The Bertz CT molecular complexity index is 991. The summed E-state index contributed by atoms with van der Waals surface area (Å²) in [6, 6.07) is 14.8. The van der Waals surface area contributed by atoms with Crippen LogP contribution < -0.4 is 15.4 Å². The smallest absolute Gasteiger partial charge is 0.303 e. The van der Waals surface area contributed by atoms with Gasteiger partial charge in [-0.1, -0.05) is 12.1 Å². The van der Waals surface area contributed by atoms with Gasteiger partial charge >= 0.3 is 5.97 Å². The van der Waals surface area contributed by atoms with E-state index in [1.165, 1.54) is 18.4 Å². The Hall–Kier alpha value is -3.35. The van der Waals surface area contributed by atoms with Gasteiger partial charge in [-0.25, -0.2) is 0 Å². The van der Waals surface area contributed by atoms with Crippen molar-refractivity contribution in [1.82, 2.24) is 10.6 Å². The molecule has 0 aromatic heterocycles. The molecular formula is C27H32N2O5. The van der Waals surface area contributed by atoms with E-state index in [9.17, 15) is 14.4 Å². The van der Waals surface area contributed by atoms with E-state index in [0.717, 1.165) is 25.7 Å². The molecule has 2 saturated carbocycles. The van der Waals surface area contributed by atoms with Gasteiger partial charge in [0.2, 0.25) is 0 Å². The largest absolute Gasteiger partial charge is 0.490 e. The number of carbonyl (C=O) groups is 3. The molecule has 0 spiro atoms. The molecule has 0 unspecified atom stereocenters. The maximum Gasteiger partial charge on any atom is 0.303 e. The monoisotopic (exact) mass is 464 g/mol. The highest BCUT2D eigenvalue weighted by Gasteiger charge is 2.24. The molecule has 0 saturated heterocycles. The second-order valence-corrected chi connectivity index (χ2v) is 9.29. The minimum atomic E-state index is -0.737. The zero-order valence-electron chi connectivity index (χ0n) is 19.3. The van der Waals surface area contributed by atoms with Gasteiger partial charge in [0.25, 0.3) is 11.8 Å². The topological polar surface area (TPSA) is 105 Å². The minimum absolute atomic E-state index is 0.0817. The first-order valence-electron chi connectivity index (χ1n) is 12.1. The zero-order valence-corrected chi connectivity index (χ0v) is 19.3. The van der Waals surface area contributed by atoms with E-state index in [1.807, 2.05) is 24.3 Å². The number of carbonyl (C=O) groups excluding carboxylic acids is 2. The summed E-state index contributed by atoms with van der Waals surface area (Å²) in [4.78, 5) is 35.5. The third kappa shape index (κ3) is 6.83. The highest BCUT2D eigenvalue weighted by Crippen LogP contribution is 2.39. The van der Waals surface area contributed by atoms with Crippen LogP contribution in [0.3, 0.4) is 0 Å². The third-order valence-corrected chi connectivity index (χ3v) is 6.59. The molecule has 34 heavy (non-hydrogen) atoms. The van der Waals surface area contributed by atoms with Crippen LogP contribution in [0.5, 0.6) is 5.75 Å². The molecule has 0 aliphatic heterocycles. The maximum absolute atomic E-state index is 12.4. The summed E-state index contributed by atoms with van der Waals surface area (Å²) in [5, 5.41) is 14.6. The van der Waals surface area contributed by atoms with Gasteiger partial charge in [0.15, 0.2) is 0 Å². The van der Waals surface area contributed by atoms with Crippen molar-refractivity contribution >= 4 is 17.8 Å². The number of rotatable bonds is 10. The van der Waals surface area contributed by atoms with Crippen molar-refractivity contribution in [3.8, 4) is 5.75 Å². The number of carboxylic acid groups (broad SMARTS) is 1. The number of benzene rings is 2. The van der Waals surface area contributed by atoms with Crippen LogP contribution in [0.25, 0.3) is 0 Å². The van der Waals surface area contributed by atoms with Crippen molar-refractivity contribution in [1.29, 1.82) is 0 Å². The van der Waals surface area contributed by atoms with Crippen LogP contribution in [-0.2, 0) is 4.79 Å². The zero-order chi connectivity index (χ0) is 23.9. The first kappa shape index (κ1) is 23.8. The number of hydrogen-bond donors (Lipinski definition) is 3. The van der Waals surface area contributed by atoms with Crippen LogP contribution in [0, 0.1) is 5.92 Å². The summed E-state index contributed by atoms with van der Waals surface area (Å²) < 4.78 is 6.01. The van der Waals surface area contributed by atoms with E-state index >= 15 is 0 Å². The number of aliphatic carboxylic acids is 1. The fourth-order valence-corrected chi connectivity index (χ4v) is 4.46. The number of nitrogens with one attached hydrogen (secondary N) is 2. The van der Waals surface area contributed by atoms with E-state index in [1.54, 1.807) is 24.3 Å². The van der Waals surface area contributed by atoms with Crippen molar-refractivity contribution in [2.24, 2.45) is 5.92 Å². The van der Waals surface area contributed by atoms with E-state index in [2.05, 4.69) is 10.6 Å². The molecule has 3 N–H and O–H groups in total. The van der Waals surface area contributed by atoms with Crippen LogP contribution >= 0.6 is 0 Å². The van der Waals surface area contributed by atoms with Gasteiger partial charge in [0, 0.05) is 30.6 Å². The van der Waals surface area contributed by atoms with Gasteiger partial charge < -0.3 is 20.5 Å². The Kier molecular flexibility index (Phi) is 7.83. The molecule has 0 bridgehead atoms. The number of carboxylic acids is 1. The Labute approximate surface area is 199 Å². The van der Waals surface area contributed by atoms with Crippen molar-refractivity contribution in [3.05, 3.63) is 65.2 Å². The summed E-state index contributed by atoms with van der Waals surface area (Å²) in [7, 11) is 0. The molecule has 2 amide bonds. The van der Waals surface area contributed by atoms with Crippen LogP contribution in [0.4, 0.5) is 0 Å². The summed E-state index contributed by atoms with van der Waals surface area (Å²) in [6.45, 7) is 0.684. The number of ether oxygens (including phenoxy) is 1. The van der Waals surface area contributed by atoms with Crippen molar-refractivity contribution in [2.75, 3.05) is 13.1 Å². The van der Waals surface area contributed by atoms with Crippen LogP contribution in [-0.4, -0.2) is 42.1 Å². The van der Waals surface area contributed by atoms with Gasteiger partial charge in [-0.2, -0.15) is 0 Å². The molecule has 7 nitrogen and oxygen atoms in total. The van der Waals surface area contributed by atoms with Gasteiger partial charge in [0.1, 0.15) is 5.75 Å². The van der Waals surface area contributed by atoms with Crippen LogP contribution in [0.15, 0.2) is 48.5 Å². The molecule has 7 heteroatoms. The van der Waals surface area contributed by atoms with Crippen molar-refractivity contribution in [2.45, 2.75) is 57.0 Å². The summed E-state index contributed by atoms with van der Waals surface area (Å²) in [5.41, 5.74) is 2.45. The van der Waals surface area contributed by atoms with Gasteiger partial charge in [-0.15, -0.1) is 0 Å². The molecule has 180 valence electrons. The minimum Gasteiger partial charge on any atom is -0.490 e. The molecule has 2 aliphatic carbocycles. The van der Waals surface area contributed by atoms with Gasteiger partial charge in [0.05, 0.1) is 6.10 Å². The summed E-state index contributed by atoms with van der Waals surface area (Å²) in [5.74, 6) is 0.524. The lowest BCUT2D eigenvalue weighted by Gasteiger charge is -2.28. The van der Waals surface area contributed by atoms with Crippen molar-refractivity contribution in [3.63, 3.8) is 0 Å². The maximum atomic E-state index is 12.4. The van der Waals surface area contributed by atoms with Crippen LogP contribution in [0.1, 0.15) is 77.1 Å². The Balaban J connectivity index is 1.14. The fourth-order valence-electron chi connectivity index (χ4n) is 4.46. The molecule has 2 aliphatic rings. The highest BCUT2D eigenvalue weighted by molar-refractivity contribution is 5.95. The standard InChI is InChI=1S/C27H32N2O5/c30-25(31)17-18-1-11-23(12-2-18)34-24-13-9-22(10-14-24)27(33)29-16-15-28-26(32)21-7-5-20(6-8-21)19-3-4-19/h5-10,13-14,18-19,23H,1-4,11-12,15-17H2,(H,28,32)(H,29,33)(H,30,31). The molecule has 0 atom stereocenters. The third-order valence-electron chi connectivity index (χ3n) is 6.59. The van der Waals surface area contributed by atoms with E-state index in [-0.39, 0.29) is 30.3 Å². The van der Waals surface area contributed by atoms with Gasteiger partial charge in [-0.05, 0) is 92.3 Å². The average Bonchev–Trinajstić information content (AvgIpc) is 3.69. The first-order valence-corrected chi connectivity index (χ1v) is 12.1. The second kappa shape index (κ2) is 11.2. The Morgan fingerprint density at radius 1 is 0.765 bits per heavy atom. The molecular weight excluding hydrogens is 432 g/mol. The predicted octanol–water partition coefficient (Wildman–Crippen LogP) is 4.14. The predicted molar refractivity (Wildman–Crippen MR) is 128 cm³/mol. The Morgan fingerprint density at radius 2 is 1.29 bits per heavy atom. The highest BCUT2D eigenvalue weighted by atomic mass is 16.5. The summed E-state index contributed by atoms with van der Waals surface area (Å²) in [6.07, 6.45) is 6.19. The van der Waals surface area contributed by atoms with E-state index < -0.39 is 5.97 Å². The fraction of sp³-hybridized carbons (Fsp3) is 0.444. The molecule has 0 radical (unpaired) electrons. The Morgan fingerprint density at radius 3 is 1.79 bits per heavy atom. The molecule has 4 rings (SSSR count). The average molecular weight is 465 g/mol. The second-order valence-electron chi connectivity index (χ2n) is 9.29. The molecule has 0 heterocycles. The molecule has 2 aromatic rings. The lowest BCUT2D eigenvalue weighted by molar-refractivity contribution is -0.138. The van der Waals surface area contributed by atoms with E-state index in [4.69, 9.17) is 9.84 Å². The molecule has 2 aromatic carbocycles. The number of hydrogen-bond acceptors (Lipinski definition) is 4. The summed E-state index contributed by atoms with van der Waals surface area (Å²) >= 11 is 0. The van der Waals surface area contributed by atoms with Crippen molar-refractivity contribution < 1.29 is 24.2 Å². The quantitative estimate of drug-likeness (QED) is 0.459. The SMILES string of the molecule is O=C(O)CC1CCC(Oc2ccc(C(=O)NCCNC(=O)c3ccc(C4CC4)cc3)cc2)CC1. The van der Waals surface area contributed by atoms with E-state index in [0.29, 0.717) is 35.9 Å². The van der Waals surface area contributed by atoms with Gasteiger partial charge in [-0.3, -0.25) is 14.4 Å². The molecule has 2 fully saturated rings.